The summed E-state index contributed by atoms with van der Waals surface area (Å²) in [7, 11) is 2.50. The fraction of sp³-hybridized carbons (Fsp3) is 0.385. The lowest BCUT2D eigenvalue weighted by Gasteiger charge is -2.15. The fourth-order valence-corrected chi connectivity index (χ4v) is 1.74. The van der Waals surface area contributed by atoms with E-state index in [-0.39, 0.29) is 0 Å². The molecule has 1 aromatic carbocycles. The number of hydrogen-bond acceptors (Lipinski definition) is 4. The van der Waals surface area contributed by atoms with E-state index in [1.54, 1.807) is 6.07 Å². The molecule has 92 valence electrons. The van der Waals surface area contributed by atoms with E-state index in [0.29, 0.717) is 5.56 Å². The molecule has 17 heavy (non-hydrogen) atoms. The van der Waals surface area contributed by atoms with Crippen LogP contribution in [-0.4, -0.2) is 26.2 Å². The second-order valence-electron chi connectivity index (χ2n) is 3.84. The summed E-state index contributed by atoms with van der Waals surface area (Å²) in [6.07, 6.45) is 0. The number of benzene rings is 1. The van der Waals surface area contributed by atoms with Gasteiger partial charge < -0.3 is 9.47 Å². The molecule has 0 heterocycles. The molecule has 0 fully saturated rings. The summed E-state index contributed by atoms with van der Waals surface area (Å²) < 4.78 is 9.27. The Morgan fingerprint density at radius 2 is 1.59 bits per heavy atom. The van der Waals surface area contributed by atoms with E-state index in [9.17, 15) is 9.59 Å². The van der Waals surface area contributed by atoms with E-state index in [4.69, 9.17) is 0 Å². The van der Waals surface area contributed by atoms with Crippen molar-refractivity contribution >= 4 is 11.9 Å². The predicted molar refractivity (Wildman–Crippen MR) is 62.7 cm³/mol. The van der Waals surface area contributed by atoms with Gasteiger partial charge in [0.05, 0.1) is 14.2 Å². The third kappa shape index (κ3) is 2.84. The minimum Gasteiger partial charge on any atom is -0.468 e. The van der Waals surface area contributed by atoms with Gasteiger partial charge in [-0.3, -0.25) is 9.59 Å². The molecule has 4 nitrogen and oxygen atoms in total. The van der Waals surface area contributed by atoms with Crippen LogP contribution >= 0.6 is 0 Å². The van der Waals surface area contributed by atoms with Crippen LogP contribution in [0.2, 0.25) is 0 Å². The highest BCUT2D eigenvalue weighted by Gasteiger charge is 2.31. The van der Waals surface area contributed by atoms with Crippen molar-refractivity contribution in [2.24, 2.45) is 0 Å². The molecule has 0 bridgehead atoms. The number of carbonyl (C=O) groups excluding carboxylic acids is 2. The maximum absolute atomic E-state index is 11.6. The lowest BCUT2D eigenvalue weighted by atomic mass is 9.93. The highest BCUT2D eigenvalue weighted by atomic mass is 16.5. The fourth-order valence-electron chi connectivity index (χ4n) is 1.74. The van der Waals surface area contributed by atoms with E-state index in [1.165, 1.54) is 14.2 Å². The van der Waals surface area contributed by atoms with E-state index < -0.39 is 17.9 Å². The topological polar surface area (TPSA) is 52.6 Å². The molecule has 0 unspecified atom stereocenters. The number of rotatable bonds is 3. The minimum absolute atomic E-state index is 0.608. The molecule has 0 spiro atoms. The molecule has 0 amide bonds. The van der Waals surface area contributed by atoms with E-state index in [0.717, 1.165) is 11.1 Å². The first-order valence-electron chi connectivity index (χ1n) is 5.24. The number of carbonyl (C=O) groups is 2. The van der Waals surface area contributed by atoms with Crippen molar-refractivity contribution in [1.29, 1.82) is 0 Å². The molecule has 1 aromatic rings. The molecule has 0 aromatic heterocycles. The predicted octanol–water partition coefficient (Wildman–Crippen LogP) is 1.73. The van der Waals surface area contributed by atoms with Crippen LogP contribution in [0.1, 0.15) is 22.6 Å². The van der Waals surface area contributed by atoms with Gasteiger partial charge >= 0.3 is 11.9 Å². The van der Waals surface area contributed by atoms with Gasteiger partial charge in [-0.1, -0.05) is 23.8 Å². The molecule has 0 saturated heterocycles. The second-order valence-corrected chi connectivity index (χ2v) is 3.84. The van der Waals surface area contributed by atoms with Crippen LogP contribution < -0.4 is 0 Å². The Morgan fingerprint density at radius 1 is 1.06 bits per heavy atom. The summed E-state index contributed by atoms with van der Waals surface area (Å²) in [5.41, 5.74) is 2.56. The van der Waals surface area contributed by atoms with Crippen molar-refractivity contribution in [3.63, 3.8) is 0 Å². The maximum atomic E-state index is 11.6. The Hall–Kier alpha value is -1.84. The molecule has 0 radical (unpaired) electrons. The van der Waals surface area contributed by atoms with Crippen LogP contribution in [0.3, 0.4) is 0 Å². The normalized spacial score (nSPS) is 10.2. The van der Waals surface area contributed by atoms with Gasteiger partial charge in [-0.2, -0.15) is 0 Å². The Morgan fingerprint density at radius 3 is 2.00 bits per heavy atom. The smallest absolute Gasteiger partial charge is 0.324 e. The van der Waals surface area contributed by atoms with Gasteiger partial charge in [-0.05, 0) is 25.0 Å². The molecule has 0 aliphatic carbocycles. The van der Waals surface area contributed by atoms with Gasteiger partial charge in [-0.25, -0.2) is 0 Å². The van der Waals surface area contributed by atoms with E-state index >= 15 is 0 Å². The highest BCUT2D eigenvalue weighted by Crippen LogP contribution is 2.23. The molecule has 0 aliphatic heterocycles. The zero-order valence-corrected chi connectivity index (χ0v) is 10.4. The minimum atomic E-state index is -1.01. The molecule has 0 N–H and O–H groups in total. The van der Waals surface area contributed by atoms with Gasteiger partial charge in [0.25, 0.3) is 0 Å². The standard InChI is InChI=1S/C13H16O4/c1-8-5-6-10(9(2)7-8)11(12(14)16-3)13(15)17-4/h5-7,11H,1-4H3. The molecule has 4 heteroatoms. The number of aryl methyl sites for hydroxylation is 2. The molecular weight excluding hydrogens is 220 g/mol. The monoisotopic (exact) mass is 236 g/mol. The summed E-state index contributed by atoms with van der Waals surface area (Å²) >= 11 is 0. The summed E-state index contributed by atoms with van der Waals surface area (Å²) in [4.78, 5) is 23.3. The van der Waals surface area contributed by atoms with Crippen molar-refractivity contribution in [3.8, 4) is 0 Å². The molecule has 0 atom stereocenters. The Kier molecular flexibility index (Phi) is 4.26. The van der Waals surface area contributed by atoms with Gasteiger partial charge in [-0.15, -0.1) is 0 Å². The zero-order valence-electron chi connectivity index (χ0n) is 10.4. The maximum Gasteiger partial charge on any atom is 0.324 e. The first-order valence-corrected chi connectivity index (χ1v) is 5.24. The Bertz CT molecular complexity index is 421. The molecule has 0 aliphatic rings. The Balaban J connectivity index is 3.22. The van der Waals surface area contributed by atoms with Crippen LogP contribution in [0.4, 0.5) is 0 Å². The van der Waals surface area contributed by atoms with Crippen molar-refractivity contribution in [2.75, 3.05) is 14.2 Å². The molecule has 0 saturated carbocycles. The average molecular weight is 236 g/mol. The third-order valence-electron chi connectivity index (χ3n) is 2.61. The van der Waals surface area contributed by atoms with Crippen molar-refractivity contribution in [3.05, 3.63) is 34.9 Å². The van der Waals surface area contributed by atoms with E-state index in [1.807, 2.05) is 26.0 Å². The Labute approximate surface area is 101 Å². The SMILES string of the molecule is COC(=O)C(C(=O)OC)c1ccc(C)cc1C. The largest absolute Gasteiger partial charge is 0.468 e. The average Bonchev–Trinajstić information content (AvgIpc) is 2.31. The van der Waals surface area contributed by atoms with Crippen molar-refractivity contribution < 1.29 is 19.1 Å². The summed E-state index contributed by atoms with van der Waals surface area (Å²) in [5.74, 6) is -2.22. The van der Waals surface area contributed by atoms with Crippen molar-refractivity contribution in [2.45, 2.75) is 19.8 Å². The van der Waals surface area contributed by atoms with Gasteiger partial charge in [0.15, 0.2) is 5.92 Å². The second kappa shape index (κ2) is 5.48. The van der Waals surface area contributed by atoms with Crippen LogP contribution in [0.15, 0.2) is 18.2 Å². The third-order valence-corrected chi connectivity index (χ3v) is 2.61. The zero-order chi connectivity index (χ0) is 13.0. The van der Waals surface area contributed by atoms with E-state index in [2.05, 4.69) is 9.47 Å². The molecule has 1 rings (SSSR count). The first kappa shape index (κ1) is 13.2. The summed E-state index contributed by atoms with van der Waals surface area (Å²) in [6, 6.07) is 5.51. The van der Waals surface area contributed by atoms with Crippen LogP contribution in [-0.2, 0) is 19.1 Å². The highest BCUT2D eigenvalue weighted by molar-refractivity contribution is 6.01. The quantitative estimate of drug-likeness (QED) is 0.592. The van der Waals surface area contributed by atoms with Gasteiger partial charge in [0, 0.05) is 0 Å². The number of methoxy groups -OCH3 is 2. The first-order chi connectivity index (χ1) is 8.01. The van der Waals surface area contributed by atoms with Crippen LogP contribution in [0.5, 0.6) is 0 Å². The number of ether oxygens (including phenoxy) is 2. The lowest BCUT2D eigenvalue weighted by Crippen LogP contribution is -2.25. The van der Waals surface area contributed by atoms with Crippen LogP contribution in [0, 0.1) is 13.8 Å². The molecular formula is C13H16O4. The number of hydrogen-bond donors (Lipinski definition) is 0. The number of esters is 2. The van der Waals surface area contributed by atoms with Gasteiger partial charge in [0.1, 0.15) is 0 Å². The lowest BCUT2D eigenvalue weighted by molar-refractivity contribution is -0.154. The van der Waals surface area contributed by atoms with Gasteiger partial charge in [0.2, 0.25) is 0 Å². The van der Waals surface area contributed by atoms with Crippen molar-refractivity contribution in [1.82, 2.24) is 0 Å². The summed E-state index contributed by atoms with van der Waals surface area (Å²) in [6.45, 7) is 3.79. The summed E-state index contributed by atoms with van der Waals surface area (Å²) in [5, 5.41) is 0. The van der Waals surface area contributed by atoms with Crippen LogP contribution in [0.25, 0.3) is 0 Å².